The Morgan fingerprint density at radius 1 is 1.07 bits per heavy atom. The van der Waals surface area contributed by atoms with Crippen LogP contribution in [0.1, 0.15) is 60.2 Å². The molecule has 2 fully saturated rings. The highest BCUT2D eigenvalue weighted by molar-refractivity contribution is 5.86. The lowest BCUT2D eigenvalue weighted by Crippen LogP contribution is -2.28. The van der Waals surface area contributed by atoms with Gasteiger partial charge in [0.2, 0.25) is 0 Å². The van der Waals surface area contributed by atoms with Gasteiger partial charge >= 0.3 is 0 Å². The molecule has 3 heteroatoms. The standard InChI is InChI=1S/C25H27NO2/c1-17-3-2-11-26(17)12-10-23-14-22-13-19(8-9-25(22)28-23)20-6-7-21(16-27)24(15-20)18-4-5-18/h6-9,13-18H,2-5,10-12H2,1H3/t17-/m1/s1. The third-order valence-corrected chi connectivity index (χ3v) is 6.47. The summed E-state index contributed by atoms with van der Waals surface area (Å²) in [5, 5.41) is 1.16. The molecule has 0 amide bonds. The molecule has 28 heavy (non-hydrogen) atoms. The average molecular weight is 373 g/mol. The van der Waals surface area contributed by atoms with Gasteiger partial charge < -0.3 is 9.32 Å². The predicted molar refractivity (Wildman–Crippen MR) is 113 cm³/mol. The van der Waals surface area contributed by atoms with Gasteiger partial charge in [-0.3, -0.25) is 4.79 Å². The van der Waals surface area contributed by atoms with Crippen LogP contribution in [0.5, 0.6) is 0 Å². The van der Waals surface area contributed by atoms with Gasteiger partial charge in [0.25, 0.3) is 0 Å². The van der Waals surface area contributed by atoms with Crippen LogP contribution in [0.2, 0.25) is 0 Å². The number of nitrogens with zero attached hydrogens (tertiary/aromatic N) is 1. The van der Waals surface area contributed by atoms with Crippen molar-refractivity contribution in [2.24, 2.45) is 0 Å². The van der Waals surface area contributed by atoms with E-state index in [1.54, 1.807) is 0 Å². The number of likely N-dealkylation sites (tertiary alicyclic amines) is 1. The molecule has 0 spiro atoms. The van der Waals surface area contributed by atoms with Crippen LogP contribution in [0.15, 0.2) is 46.9 Å². The number of benzene rings is 2. The Hall–Kier alpha value is -2.39. The summed E-state index contributed by atoms with van der Waals surface area (Å²) < 4.78 is 6.09. The largest absolute Gasteiger partial charge is 0.461 e. The number of hydrogen-bond donors (Lipinski definition) is 0. The minimum absolute atomic E-state index is 0.567. The smallest absolute Gasteiger partial charge is 0.150 e. The van der Waals surface area contributed by atoms with Crippen LogP contribution < -0.4 is 0 Å². The molecule has 5 rings (SSSR count). The third-order valence-electron chi connectivity index (χ3n) is 6.47. The molecular weight excluding hydrogens is 346 g/mol. The molecule has 3 nitrogen and oxygen atoms in total. The highest BCUT2D eigenvalue weighted by Gasteiger charge is 2.26. The third kappa shape index (κ3) is 3.40. The summed E-state index contributed by atoms with van der Waals surface area (Å²) in [6.45, 7) is 4.61. The van der Waals surface area contributed by atoms with Crippen molar-refractivity contribution < 1.29 is 9.21 Å². The summed E-state index contributed by atoms with van der Waals surface area (Å²) in [7, 11) is 0. The topological polar surface area (TPSA) is 33.5 Å². The molecule has 0 unspecified atom stereocenters. The summed E-state index contributed by atoms with van der Waals surface area (Å²) in [6, 6.07) is 15.6. The van der Waals surface area contributed by atoms with Gasteiger partial charge in [-0.25, -0.2) is 0 Å². The van der Waals surface area contributed by atoms with E-state index in [9.17, 15) is 4.79 Å². The molecule has 144 valence electrons. The van der Waals surface area contributed by atoms with Gasteiger partial charge in [0, 0.05) is 30.0 Å². The molecule has 1 saturated carbocycles. The fraction of sp³-hybridized carbons (Fsp3) is 0.400. The second-order valence-electron chi connectivity index (χ2n) is 8.48. The molecule has 1 atom stereocenters. The van der Waals surface area contributed by atoms with Crippen LogP contribution >= 0.6 is 0 Å². The highest BCUT2D eigenvalue weighted by Crippen LogP contribution is 2.42. The Labute approximate surface area is 166 Å². The minimum atomic E-state index is 0.567. The van der Waals surface area contributed by atoms with Crippen molar-refractivity contribution in [2.45, 2.75) is 51.0 Å². The minimum Gasteiger partial charge on any atom is -0.461 e. The van der Waals surface area contributed by atoms with Crippen molar-refractivity contribution in [3.63, 3.8) is 0 Å². The van der Waals surface area contributed by atoms with E-state index in [0.717, 1.165) is 41.5 Å². The van der Waals surface area contributed by atoms with E-state index >= 15 is 0 Å². The number of carbonyl (C=O) groups excluding carboxylic acids is 1. The van der Waals surface area contributed by atoms with Gasteiger partial charge in [-0.05, 0) is 80.0 Å². The highest BCUT2D eigenvalue weighted by atomic mass is 16.3. The average Bonchev–Trinajstić information content (AvgIpc) is 3.36. The van der Waals surface area contributed by atoms with Crippen LogP contribution in [-0.2, 0) is 6.42 Å². The Morgan fingerprint density at radius 2 is 1.89 bits per heavy atom. The summed E-state index contributed by atoms with van der Waals surface area (Å²) in [5.74, 6) is 1.64. The molecule has 2 aromatic carbocycles. The lowest BCUT2D eigenvalue weighted by molar-refractivity contribution is 0.112. The number of rotatable bonds is 6. The first-order valence-electron chi connectivity index (χ1n) is 10.6. The van der Waals surface area contributed by atoms with Crippen LogP contribution in [0.25, 0.3) is 22.1 Å². The number of fused-ring (bicyclic) bond motifs is 1. The maximum atomic E-state index is 11.3. The maximum absolute atomic E-state index is 11.3. The Bertz CT molecular complexity index is 1010. The fourth-order valence-corrected chi connectivity index (χ4v) is 4.59. The van der Waals surface area contributed by atoms with Crippen LogP contribution in [0.4, 0.5) is 0 Å². The molecular formula is C25H27NO2. The van der Waals surface area contributed by atoms with E-state index in [2.05, 4.69) is 48.2 Å². The monoisotopic (exact) mass is 373 g/mol. The second kappa shape index (κ2) is 7.21. The van der Waals surface area contributed by atoms with Crippen molar-refractivity contribution >= 4 is 17.3 Å². The Balaban J connectivity index is 1.39. The molecule has 3 aromatic rings. The first-order chi connectivity index (χ1) is 13.7. The summed E-state index contributed by atoms with van der Waals surface area (Å²) in [6.07, 6.45) is 6.98. The van der Waals surface area contributed by atoms with Crippen molar-refractivity contribution in [1.82, 2.24) is 4.90 Å². The predicted octanol–water partition coefficient (Wildman–Crippen LogP) is 5.82. The van der Waals surface area contributed by atoms with E-state index in [4.69, 9.17) is 4.42 Å². The van der Waals surface area contributed by atoms with Crippen LogP contribution in [0.3, 0.4) is 0 Å². The summed E-state index contributed by atoms with van der Waals surface area (Å²) >= 11 is 0. The Kier molecular flexibility index (Phi) is 4.56. The molecule has 2 aliphatic rings. The maximum Gasteiger partial charge on any atom is 0.150 e. The SMILES string of the molecule is C[C@@H]1CCCN1CCc1cc2cc(-c3ccc(C=O)c(C4CC4)c3)ccc2o1. The lowest BCUT2D eigenvalue weighted by Gasteiger charge is -2.19. The Morgan fingerprint density at radius 3 is 2.64 bits per heavy atom. The molecule has 1 aliphatic heterocycles. The van der Waals surface area contributed by atoms with E-state index in [1.807, 2.05) is 6.07 Å². The van der Waals surface area contributed by atoms with Gasteiger partial charge in [-0.2, -0.15) is 0 Å². The molecule has 0 bridgehead atoms. The molecule has 0 radical (unpaired) electrons. The van der Waals surface area contributed by atoms with E-state index in [-0.39, 0.29) is 0 Å². The van der Waals surface area contributed by atoms with E-state index in [0.29, 0.717) is 12.0 Å². The molecule has 0 N–H and O–H groups in total. The molecule has 1 aliphatic carbocycles. The zero-order valence-corrected chi connectivity index (χ0v) is 16.5. The molecule has 2 heterocycles. The number of hydrogen-bond acceptors (Lipinski definition) is 3. The zero-order valence-electron chi connectivity index (χ0n) is 16.5. The first-order valence-corrected chi connectivity index (χ1v) is 10.6. The number of furan rings is 1. The fourth-order valence-electron chi connectivity index (χ4n) is 4.59. The van der Waals surface area contributed by atoms with Crippen molar-refractivity contribution in [2.75, 3.05) is 13.1 Å². The number of carbonyl (C=O) groups is 1. The van der Waals surface area contributed by atoms with Gasteiger partial charge in [0.05, 0.1) is 0 Å². The zero-order chi connectivity index (χ0) is 19.1. The van der Waals surface area contributed by atoms with E-state index < -0.39 is 0 Å². The quantitative estimate of drug-likeness (QED) is 0.511. The van der Waals surface area contributed by atoms with Crippen LogP contribution in [-0.4, -0.2) is 30.3 Å². The summed E-state index contributed by atoms with van der Waals surface area (Å²) in [5.41, 5.74) is 5.38. The van der Waals surface area contributed by atoms with Gasteiger partial charge in [0.15, 0.2) is 0 Å². The van der Waals surface area contributed by atoms with Gasteiger partial charge in [-0.15, -0.1) is 0 Å². The lowest BCUT2D eigenvalue weighted by atomic mass is 9.96. The van der Waals surface area contributed by atoms with E-state index in [1.165, 1.54) is 48.9 Å². The van der Waals surface area contributed by atoms with Crippen molar-refractivity contribution in [3.05, 3.63) is 59.4 Å². The summed E-state index contributed by atoms with van der Waals surface area (Å²) in [4.78, 5) is 13.9. The van der Waals surface area contributed by atoms with Crippen molar-refractivity contribution in [3.8, 4) is 11.1 Å². The molecule has 1 saturated heterocycles. The van der Waals surface area contributed by atoms with Gasteiger partial charge in [-0.1, -0.05) is 24.3 Å². The second-order valence-corrected chi connectivity index (χ2v) is 8.48. The number of aldehydes is 1. The van der Waals surface area contributed by atoms with Gasteiger partial charge in [0.1, 0.15) is 17.6 Å². The molecule has 1 aromatic heterocycles. The van der Waals surface area contributed by atoms with Crippen LogP contribution in [0, 0.1) is 0 Å². The first kappa shape index (κ1) is 17.7. The normalized spacial score (nSPS) is 20.1. The van der Waals surface area contributed by atoms with Crippen molar-refractivity contribution in [1.29, 1.82) is 0 Å².